The van der Waals surface area contributed by atoms with E-state index in [-0.39, 0.29) is 11.7 Å². The lowest BCUT2D eigenvalue weighted by Gasteiger charge is -2.25. The maximum atomic E-state index is 13.0. The third-order valence-corrected chi connectivity index (χ3v) is 3.56. The van der Waals surface area contributed by atoms with Crippen molar-refractivity contribution in [2.24, 2.45) is 0 Å². The summed E-state index contributed by atoms with van der Waals surface area (Å²) in [5, 5.41) is 4.07. The van der Waals surface area contributed by atoms with Gasteiger partial charge in [0.15, 0.2) is 5.76 Å². The van der Waals surface area contributed by atoms with Gasteiger partial charge in [-0.1, -0.05) is 11.2 Å². The Kier molecular flexibility index (Phi) is 3.56. The summed E-state index contributed by atoms with van der Waals surface area (Å²) in [5.74, 6) is 0.300. The third kappa shape index (κ3) is 2.59. The standard InChI is InChI=1S/C16H15FN2O2/c1-2-3-15(20)19-9-8-14-13(10-19)16(21-18-14)11-4-6-12(17)7-5-11/h2-7H,8-10H2,1H3/b3-2+. The van der Waals surface area contributed by atoms with Gasteiger partial charge in [0.05, 0.1) is 12.2 Å². The Morgan fingerprint density at radius 2 is 2.14 bits per heavy atom. The van der Waals surface area contributed by atoms with Crippen LogP contribution >= 0.6 is 0 Å². The molecule has 0 saturated heterocycles. The highest BCUT2D eigenvalue weighted by atomic mass is 19.1. The molecular formula is C16H15FN2O2. The van der Waals surface area contributed by atoms with E-state index < -0.39 is 0 Å². The van der Waals surface area contributed by atoms with Crippen molar-refractivity contribution in [1.82, 2.24) is 10.1 Å². The highest BCUT2D eigenvalue weighted by Crippen LogP contribution is 2.30. The van der Waals surface area contributed by atoms with Gasteiger partial charge in [-0.3, -0.25) is 4.79 Å². The topological polar surface area (TPSA) is 46.3 Å². The van der Waals surface area contributed by atoms with Gasteiger partial charge in [-0.15, -0.1) is 0 Å². The molecule has 1 aliphatic heterocycles. The zero-order valence-electron chi connectivity index (χ0n) is 11.7. The molecule has 2 aromatic rings. The van der Waals surface area contributed by atoms with E-state index in [0.717, 1.165) is 16.8 Å². The van der Waals surface area contributed by atoms with Gasteiger partial charge in [0.2, 0.25) is 5.91 Å². The third-order valence-electron chi connectivity index (χ3n) is 3.56. The molecule has 0 fully saturated rings. The molecule has 3 rings (SSSR count). The molecule has 108 valence electrons. The van der Waals surface area contributed by atoms with Crippen molar-refractivity contribution in [3.63, 3.8) is 0 Å². The van der Waals surface area contributed by atoms with Crippen LogP contribution in [0.3, 0.4) is 0 Å². The number of rotatable bonds is 2. The fraction of sp³-hybridized carbons (Fsp3) is 0.250. The summed E-state index contributed by atoms with van der Waals surface area (Å²) < 4.78 is 18.4. The van der Waals surface area contributed by atoms with E-state index in [1.165, 1.54) is 12.1 Å². The molecule has 0 spiro atoms. The molecule has 0 saturated carbocycles. The summed E-state index contributed by atoms with van der Waals surface area (Å²) in [5.41, 5.74) is 2.55. The first kappa shape index (κ1) is 13.5. The molecule has 1 aromatic heterocycles. The van der Waals surface area contributed by atoms with E-state index >= 15 is 0 Å². The lowest BCUT2D eigenvalue weighted by Crippen LogP contribution is -2.34. The summed E-state index contributed by atoms with van der Waals surface area (Å²) in [6.45, 7) is 2.91. The predicted octanol–water partition coefficient (Wildman–Crippen LogP) is 2.94. The minimum atomic E-state index is -0.294. The van der Waals surface area contributed by atoms with Crippen molar-refractivity contribution in [1.29, 1.82) is 0 Å². The van der Waals surface area contributed by atoms with Crippen molar-refractivity contribution in [3.8, 4) is 11.3 Å². The SMILES string of the molecule is C/C=C/C(=O)N1CCc2noc(-c3ccc(F)cc3)c2C1. The Balaban J connectivity index is 1.92. The monoisotopic (exact) mass is 286 g/mol. The number of hydrogen-bond donors (Lipinski definition) is 0. The van der Waals surface area contributed by atoms with E-state index in [4.69, 9.17) is 4.52 Å². The highest BCUT2D eigenvalue weighted by Gasteiger charge is 2.26. The fourth-order valence-corrected chi connectivity index (χ4v) is 2.48. The van der Waals surface area contributed by atoms with Gasteiger partial charge in [-0.2, -0.15) is 0 Å². The molecule has 0 atom stereocenters. The van der Waals surface area contributed by atoms with Gasteiger partial charge in [0.1, 0.15) is 5.82 Å². The lowest BCUT2D eigenvalue weighted by atomic mass is 10.0. The van der Waals surface area contributed by atoms with Crippen molar-refractivity contribution in [3.05, 3.63) is 53.5 Å². The number of hydrogen-bond acceptors (Lipinski definition) is 3. The lowest BCUT2D eigenvalue weighted by molar-refractivity contribution is -0.126. The molecule has 1 aliphatic rings. The molecule has 4 nitrogen and oxygen atoms in total. The molecule has 0 unspecified atom stereocenters. The van der Waals surface area contributed by atoms with Crippen LogP contribution in [0.5, 0.6) is 0 Å². The molecule has 0 N–H and O–H groups in total. The number of allylic oxidation sites excluding steroid dienone is 1. The van der Waals surface area contributed by atoms with Crippen LogP contribution in [0, 0.1) is 5.82 Å². The van der Waals surface area contributed by atoms with Crippen molar-refractivity contribution in [2.45, 2.75) is 19.9 Å². The second-order valence-electron chi connectivity index (χ2n) is 4.95. The molecule has 5 heteroatoms. The van der Waals surface area contributed by atoms with Gasteiger partial charge in [0.25, 0.3) is 0 Å². The van der Waals surface area contributed by atoms with Gasteiger partial charge < -0.3 is 9.42 Å². The van der Waals surface area contributed by atoms with Crippen LogP contribution in [0.2, 0.25) is 0 Å². The average molecular weight is 286 g/mol. The van der Waals surface area contributed by atoms with Crippen LogP contribution in [0.25, 0.3) is 11.3 Å². The zero-order valence-corrected chi connectivity index (χ0v) is 11.7. The van der Waals surface area contributed by atoms with E-state index in [2.05, 4.69) is 5.16 Å². The summed E-state index contributed by atoms with van der Waals surface area (Å²) in [6, 6.07) is 6.08. The average Bonchev–Trinajstić information content (AvgIpc) is 2.91. The first-order chi connectivity index (χ1) is 10.2. The minimum absolute atomic E-state index is 0.0191. The summed E-state index contributed by atoms with van der Waals surface area (Å²) in [7, 11) is 0. The van der Waals surface area contributed by atoms with Gasteiger partial charge in [-0.25, -0.2) is 4.39 Å². The number of benzene rings is 1. The maximum absolute atomic E-state index is 13.0. The number of nitrogens with zero attached hydrogens (tertiary/aromatic N) is 2. The second-order valence-corrected chi connectivity index (χ2v) is 4.95. The van der Waals surface area contributed by atoms with Crippen LogP contribution < -0.4 is 0 Å². The van der Waals surface area contributed by atoms with E-state index in [0.29, 0.717) is 25.3 Å². The molecule has 0 aliphatic carbocycles. The summed E-state index contributed by atoms with van der Waals surface area (Å²) in [4.78, 5) is 13.7. The number of halogens is 1. The molecule has 1 aromatic carbocycles. The number of aromatic nitrogens is 1. The smallest absolute Gasteiger partial charge is 0.246 e. The van der Waals surface area contributed by atoms with Crippen molar-refractivity contribution < 1.29 is 13.7 Å². The minimum Gasteiger partial charge on any atom is -0.356 e. The van der Waals surface area contributed by atoms with Crippen LogP contribution in [-0.4, -0.2) is 22.5 Å². The first-order valence-electron chi connectivity index (χ1n) is 6.84. The number of carbonyl (C=O) groups is 1. The molecule has 0 bridgehead atoms. The Morgan fingerprint density at radius 1 is 1.38 bits per heavy atom. The fourth-order valence-electron chi connectivity index (χ4n) is 2.48. The summed E-state index contributed by atoms with van der Waals surface area (Å²) in [6.07, 6.45) is 3.95. The quantitative estimate of drug-likeness (QED) is 0.797. The Morgan fingerprint density at radius 3 is 2.86 bits per heavy atom. The van der Waals surface area contributed by atoms with Crippen molar-refractivity contribution >= 4 is 5.91 Å². The second kappa shape index (κ2) is 5.52. The van der Waals surface area contributed by atoms with Gasteiger partial charge in [-0.05, 0) is 37.3 Å². The first-order valence-corrected chi connectivity index (χ1v) is 6.84. The van der Waals surface area contributed by atoms with Crippen LogP contribution in [0.15, 0.2) is 40.9 Å². The number of carbonyl (C=O) groups excluding carboxylic acids is 1. The largest absolute Gasteiger partial charge is 0.356 e. The maximum Gasteiger partial charge on any atom is 0.246 e. The predicted molar refractivity (Wildman–Crippen MR) is 75.8 cm³/mol. The van der Waals surface area contributed by atoms with Crippen LogP contribution in [0.4, 0.5) is 4.39 Å². The normalized spacial score (nSPS) is 14.5. The van der Waals surface area contributed by atoms with Crippen LogP contribution in [-0.2, 0) is 17.8 Å². The zero-order chi connectivity index (χ0) is 14.8. The van der Waals surface area contributed by atoms with Crippen molar-refractivity contribution in [2.75, 3.05) is 6.54 Å². The number of amides is 1. The molecule has 0 radical (unpaired) electrons. The van der Waals surface area contributed by atoms with Crippen LogP contribution in [0.1, 0.15) is 18.2 Å². The molecule has 2 heterocycles. The molecule has 1 amide bonds. The van der Waals surface area contributed by atoms with E-state index in [9.17, 15) is 9.18 Å². The van der Waals surface area contributed by atoms with E-state index in [1.807, 2.05) is 6.92 Å². The number of fused-ring (bicyclic) bond motifs is 1. The van der Waals surface area contributed by atoms with Gasteiger partial charge in [0, 0.05) is 24.1 Å². The Bertz CT molecular complexity index is 689. The Labute approximate surface area is 121 Å². The molecular weight excluding hydrogens is 271 g/mol. The Hall–Kier alpha value is -2.43. The van der Waals surface area contributed by atoms with Gasteiger partial charge >= 0.3 is 0 Å². The summed E-state index contributed by atoms with van der Waals surface area (Å²) >= 11 is 0. The van der Waals surface area contributed by atoms with E-state index in [1.54, 1.807) is 29.2 Å². The molecule has 21 heavy (non-hydrogen) atoms. The highest BCUT2D eigenvalue weighted by molar-refractivity contribution is 5.87.